The highest BCUT2D eigenvalue weighted by Gasteiger charge is 2.36. The van der Waals surface area contributed by atoms with E-state index in [1.165, 1.54) is 56.6 Å². The van der Waals surface area contributed by atoms with Crippen LogP contribution in [-0.4, -0.2) is 65.1 Å². The molecule has 10 nitrogen and oxygen atoms in total. The summed E-state index contributed by atoms with van der Waals surface area (Å²) in [7, 11) is -0.271. The lowest BCUT2D eigenvalue weighted by atomic mass is 9.94. The van der Waals surface area contributed by atoms with Crippen LogP contribution in [0.4, 0.5) is 5.69 Å². The van der Waals surface area contributed by atoms with E-state index in [1.54, 1.807) is 24.3 Å². The van der Waals surface area contributed by atoms with Crippen LogP contribution in [0.5, 0.6) is 17.2 Å². The minimum absolute atomic E-state index is 0.0219. The molecule has 1 aliphatic rings. The molecule has 4 aromatic rings. The second-order valence-electron chi connectivity index (χ2n) is 12.5. The van der Waals surface area contributed by atoms with Gasteiger partial charge in [0.05, 0.1) is 31.9 Å². The number of nitrogens with zero attached hydrogens (tertiary/aromatic N) is 2. The molecule has 52 heavy (non-hydrogen) atoms. The number of benzene rings is 4. The van der Waals surface area contributed by atoms with Crippen molar-refractivity contribution in [1.29, 1.82) is 0 Å². The van der Waals surface area contributed by atoms with E-state index in [4.69, 9.17) is 37.4 Å². The molecule has 276 valence electrons. The summed E-state index contributed by atoms with van der Waals surface area (Å²) in [6.45, 7) is -0.720. The molecule has 5 rings (SSSR count). The van der Waals surface area contributed by atoms with E-state index >= 15 is 0 Å². The van der Waals surface area contributed by atoms with Crippen molar-refractivity contribution in [3.05, 3.63) is 112 Å². The van der Waals surface area contributed by atoms with Crippen molar-refractivity contribution in [2.45, 2.75) is 62.0 Å². The number of hydrogen-bond donors (Lipinski definition) is 1. The molecule has 1 fully saturated rings. The first-order valence-corrected chi connectivity index (χ1v) is 19.2. The number of carbonyl (C=O) groups is 2. The number of halogens is 2. The second-order valence-corrected chi connectivity index (χ2v) is 15.3. The summed E-state index contributed by atoms with van der Waals surface area (Å²) in [5.74, 6) is -0.285. The molecule has 13 heteroatoms. The quantitative estimate of drug-likeness (QED) is 0.135. The van der Waals surface area contributed by atoms with Crippen molar-refractivity contribution in [3.8, 4) is 17.2 Å². The van der Waals surface area contributed by atoms with Crippen molar-refractivity contribution in [2.24, 2.45) is 0 Å². The molecule has 1 atom stereocenters. The van der Waals surface area contributed by atoms with Gasteiger partial charge < -0.3 is 24.4 Å². The lowest BCUT2D eigenvalue weighted by molar-refractivity contribution is -0.140. The molecule has 1 saturated carbocycles. The van der Waals surface area contributed by atoms with Crippen LogP contribution in [-0.2, 0) is 32.6 Å². The van der Waals surface area contributed by atoms with E-state index in [9.17, 15) is 18.0 Å². The normalized spacial score (nSPS) is 13.9. The van der Waals surface area contributed by atoms with E-state index in [0.717, 1.165) is 42.0 Å². The van der Waals surface area contributed by atoms with Gasteiger partial charge in [0.1, 0.15) is 18.3 Å². The predicted octanol–water partition coefficient (Wildman–Crippen LogP) is 7.30. The minimum Gasteiger partial charge on any atom is -0.495 e. The maximum Gasteiger partial charge on any atom is 0.265 e. The van der Waals surface area contributed by atoms with Crippen LogP contribution < -0.4 is 23.8 Å². The topological polar surface area (TPSA) is 114 Å². The van der Waals surface area contributed by atoms with E-state index in [-0.39, 0.29) is 52.0 Å². The Morgan fingerprint density at radius 2 is 1.42 bits per heavy atom. The molecule has 0 spiro atoms. The Balaban J connectivity index is 1.62. The number of anilines is 1. The molecule has 2 amide bonds. The fourth-order valence-electron chi connectivity index (χ4n) is 6.41. The van der Waals surface area contributed by atoms with Crippen LogP contribution in [0.1, 0.15) is 43.2 Å². The molecule has 0 aliphatic heterocycles. The average Bonchev–Trinajstić information content (AvgIpc) is 3.15. The smallest absolute Gasteiger partial charge is 0.265 e. The maximum absolute atomic E-state index is 14.9. The van der Waals surface area contributed by atoms with Gasteiger partial charge in [-0.2, -0.15) is 0 Å². The van der Waals surface area contributed by atoms with E-state index in [2.05, 4.69) is 5.32 Å². The second kappa shape index (κ2) is 17.9. The molecular weight excluding hydrogens is 725 g/mol. The monoisotopic (exact) mass is 767 g/mol. The van der Waals surface area contributed by atoms with Gasteiger partial charge in [-0.25, -0.2) is 8.42 Å². The van der Waals surface area contributed by atoms with Gasteiger partial charge in [0, 0.05) is 35.1 Å². The Morgan fingerprint density at radius 1 is 0.769 bits per heavy atom. The number of methoxy groups -OCH3 is 3. The van der Waals surface area contributed by atoms with E-state index < -0.39 is 28.5 Å². The summed E-state index contributed by atoms with van der Waals surface area (Å²) < 4.78 is 46.6. The van der Waals surface area contributed by atoms with Crippen molar-refractivity contribution in [2.75, 3.05) is 32.2 Å². The summed E-state index contributed by atoms with van der Waals surface area (Å²) in [6.07, 6.45) is 4.99. The molecule has 0 bridgehead atoms. The van der Waals surface area contributed by atoms with Gasteiger partial charge in [0.25, 0.3) is 10.0 Å². The van der Waals surface area contributed by atoms with E-state index in [1.807, 2.05) is 36.4 Å². The molecule has 1 unspecified atom stereocenters. The molecule has 0 saturated heterocycles. The van der Waals surface area contributed by atoms with Crippen molar-refractivity contribution in [3.63, 3.8) is 0 Å². The highest BCUT2D eigenvalue weighted by Crippen LogP contribution is 2.37. The first-order chi connectivity index (χ1) is 25.0. The first kappa shape index (κ1) is 38.8. The molecule has 0 aromatic heterocycles. The van der Waals surface area contributed by atoms with Crippen molar-refractivity contribution >= 4 is 50.7 Å². The average molecular weight is 769 g/mol. The largest absolute Gasteiger partial charge is 0.495 e. The molecule has 4 aromatic carbocycles. The van der Waals surface area contributed by atoms with Gasteiger partial charge >= 0.3 is 0 Å². The van der Waals surface area contributed by atoms with Crippen LogP contribution in [0.25, 0.3) is 0 Å². The predicted molar refractivity (Wildman–Crippen MR) is 203 cm³/mol. The fourth-order valence-corrected chi connectivity index (χ4v) is 8.22. The Morgan fingerprint density at radius 3 is 2.10 bits per heavy atom. The molecule has 0 radical (unpaired) electrons. The number of carbonyl (C=O) groups excluding carboxylic acids is 2. The third kappa shape index (κ3) is 9.50. The summed E-state index contributed by atoms with van der Waals surface area (Å²) in [5.41, 5.74) is 1.53. The number of rotatable bonds is 15. The zero-order valence-corrected chi connectivity index (χ0v) is 31.7. The first-order valence-electron chi connectivity index (χ1n) is 17.0. The Labute approximate surface area is 315 Å². The summed E-state index contributed by atoms with van der Waals surface area (Å²) >= 11 is 12.8. The molecular formula is C39H43Cl2N3O7S. The zero-order valence-electron chi connectivity index (χ0n) is 29.4. The van der Waals surface area contributed by atoms with Gasteiger partial charge in [-0.3, -0.25) is 13.9 Å². The third-order valence-electron chi connectivity index (χ3n) is 9.10. The number of amides is 2. The number of nitrogens with one attached hydrogen (secondary N) is 1. The summed E-state index contributed by atoms with van der Waals surface area (Å²) in [6, 6.07) is 24.1. The van der Waals surface area contributed by atoms with Gasteiger partial charge in [0.2, 0.25) is 11.8 Å². The minimum atomic E-state index is -4.51. The van der Waals surface area contributed by atoms with Gasteiger partial charge in [-0.1, -0.05) is 84.9 Å². The Kier molecular flexibility index (Phi) is 13.3. The molecule has 1 aliphatic carbocycles. The highest BCUT2D eigenvalue weighted by molar-refractivity contribution is 7.92. The van der Waals surface area contributed by atoms with Gasteiger partial charge in [-0.05, 0) is 66.4 Å². The van der Waals surface area contributed by atoms with Gasteiger partial charge in [0.15, 0.2) is 11.5 Å². The van der Waals surface area contributed by atoms with Crippen LogP contribution in [0.3, 0.4) is 0 Å². The fraction of sp³-hybridized carbons (Fsp3) is 0.333. The van der Waals surface area contributed by atoms with Crippen molar-refractivity contribution in [1.82, 2.24) is 10.2 Å². The lowest BCUT2D eigenvalue weighted by Gasteiger charge is -2.35. The summed E-state index contributed by atoms with van der Waals surface area (Å²) in [5, 5.41) is 3.89. The van der Waals surface area contributed by atoms with E-state index in [0.29, 0.717) is 16.3 Å². The van der Waals surface area contributed by atoms with Crippen LogP contribution in [0.2, 0.25) is 10.0 Å². The van der Waals surface area contributed by atoms with Crippen LogP contribution in [0.15, 0.2) is 95.9 Å². The maximum atomic E-state index is 14.9. The number of sulfonamides is 1. The SMILES string of the molecule is COc1ccc(S(=O)(=O)N(CC(=O)N(Cc2cccc(Cl)c2)C(Cc2ccccc2)C(=O)NC2CCCCC2)c2cc(Cl)ccc2OC)cc1OC. The van der Waals surface area contributed by atoms with Crippen LogP contribution in [0, 0.1) is 0 Å². The Bertz CT molecular complexity index is 1960. The standard InChI is InChI=1S/C39H43Cl2N3O7S/c1-49-35-19-17-30(41)23-33(35)44(52(47,48)32-18-20-36(50-2)37(24-32)51-3)26-38(45)43(25-28-13-10-14-29(40)21-28)34(22-27-11-6-4-7-12-27)39(46)42-31-15-8-5-9-16-31/h4,6-7,10-14,17-21,23-24,31,34H,5,8-9,15-16,22,25-26H2,1-3H3,(H,42,46). The zero-order chi connectivity index (χ0) is 37.3. The molecule has 0 heterocycles. The third-order valence-corrected chi connectivity index (χ3v) is 11.3. The lowest BCUT2D eigenvalue weighted by Crippen LogP contribution is -2.55. The van der Waals surface area contributed by atoms with Crippen LogP contribution >= 0.6 is 23.2 Å². The summed E-state index contributed by atoms with van der Waals surface area (Å²) in [4.78, 5) is 30.5. The number of ether oxygens (including phenoxy) is 3. The number of hydrogen-bond acceptors (Lipinski definition) is 7. The molecule has 1 N–H and O–H groups in total. The van der Waals surface area contributed by atoms with Crippen molar-refractivity contribution < 1.29 is 32.2 Å². The van der Waals surface area contributed by atoms with Gasteiger partial charge in [-0.15, -0.1) is 0 Å². The Hall–Kier alpha value is -4.45. The highest BCUT2D eigenvalue weighted by atomic mass is 35.5.